The van der Waals surface area contributed by atoms with Gasteiger partial charge in [-0.3, -0.25) is 0 Å². The van der Waals surface area contributed by atoms with Crippen molar-refractivity contribution in [3.05, 3.63) is 35.4 Å². The van der Waals surface area contributed by atoms with Crippen molar-refractivity contribution < 1.29 is 18.6 Å². The zero-order valence-corrected chi connectivity index (χ0v) is 10.1. The summed E-state index contributed by atoms with van der Waals surface area (Å²) in [5.41, 5.74) is -0.0606. The number of ether oxygens (including phenoxy) is 1. The summed E-state index contributed by atoms with van der Waals surface area (Å²) >= 11 is 0. The third-order valence-electron chi connectivity index (χ3n) is 2.46. The Balaban J connectivity index is 2.47. The molecule has 0 amide bonds. The lowest BCUT2D eigenvalue weighted by atomic mass is 10.1. The van der Waals surface area contributed by atoms with Crippen molar-refractivity contribution in [1.82, 2.24) is 0 Å². The predicted molar refractivity (Wildman–Crippen MR) is 61.6 cm³/mol. The van der Waals surface area contributed by atoms with Crippen LogP contribution in [0.3, 0.4) is 0 Å². The molecule has 0 spiro atoms. The van der Waals surface area contributed by atoms with Crippen molar-refractivity contribution in [3.8, 4) is 0 Å². The van der Waals surface area contributed by atoms with Gasteiger partial charge < -0.3 is 9.84 Å². The molecule has 0 fully saturated rings. The van der Waals surface area contributed by atoms with Crippen molar-refractivity contribution in [2.45, 2.75) is 26.4 Å². The summed E-state index contributed by atoms with van der Waals surface area (Å²) in [6.07, 6.45) is -0.254. The van der Waals surface area contributed by atoms with Crippen LogP contribution in [0.25, 0.3) is 0 Å². The van der Waals surface area contributed by atoms with Crippen molar-refractivity contribution in [2.24, 2.45) is 5.92 Å². The highest BCUT2D eigenvalue weighted by molar-refractivity contribution is 5.21. The summed E-state index contributed by atoms with van der Waals surface area (Å²) in [4.78, 5) is 0. The summed E-state index contributed by atoms with van der Waals surface area (Å²) in [6, 6.07) is 3.74. The fourth-order valence-electron chi connectivity index (χ4n) is 1.38. The molecule has 0 aliphatic rings. The molecule has 0 saturated heterocycles. The summed E-state index contributed by atoms with van der Waals surface area (Å²) in [7, 11) is 0. The molecule has 0 saturated carbocycles. The van der Waals surface area contributed by atoms with Gasteiger partial charge in [-0.2, -0.15) is 0 Å². The SMILES string of the molecule is CC(C)CCOCC(O)c1cccc(F)c1F. The van der Waals surface area contributed by atoms with Crippen LogP contribution in [0.1, 0.15) is 31.9 Å². The quantitative estimate of drug-likeness (QED) is 0.779. The Labute approximate surface area is 100 Å². The minimum atomic E-state index is -1.13. The number of rotatable bonds is 6. The van der Waals surface area contributed by atoms with Crippen molar-refractivity contribution >= 4 is 0 Å². The van der Waals surface area contributed by atoms with E-state index in [1.165, 1.54) is 12.1 Å². The van der Waals surface area contributed by atoms with Crippen LogP contribution in [0.15, 0.2) is 18.2 Å². The Morgan fingerprint density at radius 1 is 1.29 bits per heavy atom. The predicted octanol–water partition coefficient (Wildman–Crippen LogP) is 3.06. The number of hydrogen-bond acceptors (Lipinski definition) is 2. The summed E-state index contributed by atoms with van der Waals surface area (Å²) < 4.78 is 31.4. The van der Waals surface area contributed by atoms with E-state index in [-0.39, 0.29) is 12.2 Å². The second kappa shape index (κ2) is 6.67. The molecule has 1 atom stereocenters. The van der Waals surface area contributed by atoms with Crippen LogP contribution in [0.4, 0.5) is 8.78 Å². The fraction of sp³-hybridized carbons (Fsp3) is 0.538. The van der Waals surface area contributed by atoms with Crippen LogP contribution in [0.5, 0.6) is 0 Å². The Morgan fingerprint density at radius 3 is 2.65 bits per heavy atom. The average molecular weight is 244 g/mol. The normalized spacial score (nSPS) is 13.1. The molecule has 1 rings (SSSR count). The highest BCUT2D eigenvalue weighted by Gasteiger charge is 2.15. The van der Waals surface area contributed by atoms with E-state index in [1.54, 1.807) is 0 Å². The molecule has 96 valence electrons. The first-order valence-corrected chi connectivity index (χ1v) is 5.72. The van der Waals surface area contributed by atoms with Crippen molar-refractivity contribution in [3.63, 3.8) is 0 Å². The summed E-state index contributed by atoms with van der Waals surface area (Å²) in [6.45, 7) is 4.61. The van der Waals surface area contributed by atoms with Gasteiger partial charge in [0.05, 0.1) is 6.61 Å². The minimum absolute atomic E-state index is 0.0207. The maximum Gasteiger partial charge on any atom is 0.164 e. The van der Waals surface area contributed by atoms with Gasteiger partial charge >= 0.3 is 0 Å². The van der Waals surface area contributed by atoms with Gasteiger partial charge in [-0.15, -0.1) is 0 Å². The molecular formula is C13H18F2O2. The Hall–Kier alpha value is -1.00. The van der Waals surface area contributed by atoms with Crippen LogP contribution < -0.4 is 0 Å². The maximum atomic E-state index is 13.3. The van der Waals surface area contributed by atoms with Crippen LogP contribution in [0.2, 0.25) is 0 Å². The van der Waals surface area contributed by atoms with Crippen molar-refractivity contribution in [2.75, 3.05) is 13.2 Å². The first-order valence-electron chi connectivity index (χ1n) is 5.72. The second-order valence-corrected chi connectivity index (χ2v) is 4.42. The maximum absolute atomic E-state index is 13.3. The van der Waals surface area contributed by atoms with Crippen LogP contribution in [0, 0.1) is 17.6 Å². The van der Waals surface area contributed by atoms with Gasteiger partial charge in [0.2, 0.25) is 0 Å². The highest BCUT2D eigenvalue weighted by atomic mass is 19.2. The second-order valence-electron chi connectivity index (χ2n) is 4.42. The monoisotopic (exact) mass is 244 g/mol. The van der Waals surface area contributed by atoms with Gasteiger partial charge in [0.15, 0.2) is 11.6 Å². The molecule has 0 radical (unpaired) electrons. The molecule has 17 heavy (non-hydrogen) atoms. The van der Waals surface area contributed by atoms with Gasteiger partial charge in [0.25, 0.3) is 0 Å². The van der Waals surface area contributed by atoms with E-state index in [9.17, 15) is 13.9 Å². The first kappa shape index (κ1) is 14.1. The lowest BCUT2D eigenvalue weighted by Crippen LogP contribution is -2.11. The van der Waals surface area contributed by atoms with E-state index in [0.717, 1.165) is 12.5 Å². The Bertz CT molecular complexity index is 353. The smallest absolute Gasteiger partial charge is 0.164 e. The van der Waals surface area contributed by atoms with Crippen molar-refractivity contribution in [1.29, 1.82) is 0 Å². The van der Waals surface area contributed by atoms with Gasteiger partial charge in [0.1, 0.15) is 6.10 Å². The zero-order valence-electron chi connectivity index (χ0n) is 10.1. The molecule has 0 heterocycles. The Morgan fingerprint density at radius 2 is 2.00 bits per heavy atom. The van der Waals surface area contributed by atoms with E-state index in [0.29, 0.717) is 12.5 Å². The average Bonchev–Trinajstić information content (AvgIpc) is 2.27. The first-order chi connectivity index (χ1) is 8.02. The molecule has 1 aromatic carbocycles. The highest BCUT2D eigenvalue weighted by Crippen LogP contribution is 2.19. The molecule has 0 aliphatic heterocycles. The molecule has 0 bridgehead atoms. The molecule has 0 aliphatic carbocycles. The van der Waals surface area contributed by atoms with E-state index >= 15 is 0 Å². The minimum Gasteiger partial charge on any atom is -0.386 e. The number of benzene rings is 1. The molecule has 1 unspecified atom stereocenters. The third-order valence-corrected chi connectivity index (χ3v) is 2.46. The number of hydrogen-bond donors (Lipinski definition) is 1. The van der Waals surface area contributed by atoms with Gasteiger partial charge in [0, 0.05) is 12.2 Å². The fourth-order valence-corrected chi connectivity index (χ4v) is 1.38. The lowest BCUT2D eigenvalue weighted by Gasteiger charge is -2.13. The third kappa shape index (κ3) is 4.40. The number of aliphatic hydroxyl groups is 1. The summed E-state index contributed by atoms with van der Waals surface area (Å²) in [5, 5.41) is 9.66. The van der Waals surface area contributed by atoms with Gasteiger partial charge in [-0.1, -0.05) is 26.0 Å². The largest absolute Gasteiger partial charge is 0.386 e. The standard InChI is InChI=1S/C13H18F2O2/c1-9(2)6-7-17-8-12(16)10-4-3-5-11(14)13(10)15/h3-5,9,12,16H,6-8H2,1-2H3. The van der Waals surface area contributed by atoms with Crippen LogP contribution in [-0.2, 0) is 4.74 Å². The van der Waals surface area contributed by atoms with E-state index in [4.69, 9.17) is 4.74 Å². The van der Waals surface area contributed by atoms with E-state index in [1.807, 2.05) is 0 Å². The van der Waals surface area contributed by atoms with Crippen LogP contribution in [-0.4, -0.2) is 18.3 Å². The van der Waals surface area contributed by atoms with Gasteiger partial charge in [-0.25, -0.2) is 8.78 Å². The van der Waals surface area contributed by atoms with E-state index in [2.05, 4.69) is 13.8 Å². The van der Waals surface area contributed by atoms with E-state index < -0.39 is 17.7 Å². The lowest BCUT2D eigenvalue weighted by molar-refractivity contribution is 0.0299. The topological polar surface area (TPSA) is 29.5 Å². The molecule has 1 N–H and O–H groups in total. The molecule has 0 aromatic heterocycles. The zero-order chi connectivity index (χ0) is 12.8. The molecular weight excluding hydrogens is 226 g/mol. The number of aliphatic hydroxyl groups excluding tert-OH is 1. The Kier molecular flexibility index (Phi) is 5.51. The van der Waals surface area contributed by atoms with Gasteiger partial charge in [-0.05, 0) is 18.4 Å². The molecule has 1 aromatic rings. The summed E-state index contributed by atoms with van der Waals surface area (Å²) in [5.74, 6) is -1.45. The number of halogens is 2. The molecule has 2 nitrogen and oxygen atoms in total. The van der Waals surface area contributed by atoms with Crippen LogP contribution >= 0.6 is 0 Å². The molecule has 4 heteroatoms.